The molecule has 0 amide bonds. The molecule has 0 bridgehead atoms. The van der Waals surface area contributed by atoms with Crippen molar-refractivity contribution in [2.45, 2.75) is 44.5 Å². The van der Waals surface area contributed by atoms with E-state index in [1.54, 1.807) is 6.21 Å². The van der Waals surface area contributed by atoms with Crippen LogP contribution < -0.4 is 4.74 Å². The lowest BCUT2D eigenvalue weighted by Crippen LogP contribution is -2.32. The summed E-state index contributed by atoms with van der Waals surface area (Å²) < 4.78 is 16.8. The van der Waals surface area contributed by atoms with Crippen molar-refractivity contribution in [2.24, 2.45) is 4.99 Å². The van der Waals surface area contributed by atoms with Gasteiger partial charge in [-0.1, -0.05) is 35.9 Å². The highest BCUT2D eigenvalue weighted by molar-refractivity contribution is 6.31. The lowest BCUT2D eigenvalue weighted by molar-refractivity contribution is -0.0682. The fraction of sp³-hybridized carbons (Fsp3) is 0.458. The molecule has 0 aliphatic carbocycles. The molecule has 2 aromatic carbocycles. The molecular formula is C24H30ClNO5. The second-order valence-electron chi connectivity index (χ2n) is 7.49. The molecule has 7 heteroatoms. The molecule has 0 saturated carbocycles. The third-order valence-electron chi connectivity index (χ3n) is 5.07. The monoisotopic (exact) mass is 447 g/mol. The number of hydrogen-bond donors (Lipinski definition) is 2. The fourth-order valence-corrected chi connectivity index (χ4v) is 3.79. The molecular weight excluding hydrogens is 418 g/mol. The molecule has 1 saturated heterocycles. The molecule has 3 atom stereocenters. The van der Waals surface area contributed by atoms with Crippen molar-refractivity contribution < 1.29 is 24.4 Å². The highest BCUT2D eigenvalue weighted by Crippen LogP contribution is 2.33. The van der Waals surface area contributed by atoms with Gasteiger partial charge < -0.3 is 24.4 Å². The van der Waals surface area contributed by atoms with E-state index < -0.39 is 6.10 Å². The van der Waals surface area contributed by atoms with Gasteiger partial charge in [0.25, 0.3) is 0 Å². The Balaban J connectivity index is 1.67. The maximum Gasteiger partial charge on any atom is 0.137 e. The van der Waals surface area contributed by atoms with Gasteiger partial charge in [-0.3, -0.25) is 4.99 Å². The maximum absolute atomic E-state index is 10.3. The van der Waals surface area contributed by atoms with Gasteiger partial charge >= 0.3 is 0 Å². The van der Waals surface area contributed by atoms with Crippen LogP contribution in [0.3, 0.4) is 0 Å². The molecule has 168 valence electrons. The van der Waals surface area contributed by atoms with E-state index in [1.807, 2.05) is 43.3 Å². The fourth-order valence-electron chi connectivity index (χ4n) is 3.61. The summed E-state index contributed by atoms with van der Waals surface area (Å²) in [5, 5.41) is 19.8. The Morgan fingerprint density at radius 2 is 2.00 bits per heavy atom. The molecule has 31 heavy (non-hydrogen) atoms. The Morgan fingerprint density at radius 3 is 2.74 bits per heavy atom. The van der Waals surface area contributed by atoms with Crippen LogP contribution in [0.15, 0.2) is 47.5 Å². The van der Waals surface area contributed by atoms with E-state index in [2.05, 4.69) is 11.1 Å². The molecule has 1 aliphatic heterocycles. The van der Waals surface area contributed by atoms with Gasteiger partial charge in [0.05, 0.1) is 38.1 Å². The van der Waals surface area contributed by atoms with E-state index in [-0.39, 0.29) is 32.2 Å². The first-order valence-electron chi connectivity index (χ1n) is 10.6. The van der Waals surface area contributed by atoms with Gasteiger partial charge in [-0.15, -0.1) is 0 Å². The predicted molar refractivity (Wildman–Crippen MR) is 121 cm³/mol. The maximum atomic E-state index is 10.3. The molecule has 2 N–H and O–H groups in total. The van der Waals surface area contributed by atoms with Gasteiger partial charge in [-0.05, 0) is 48.2 Å². The Hall–Kier alpha value is -1.96. The van der Waals surface area contributed by atoms with Crippen LogP contribution >= 0.6 is 11.6 Å². The number of benzene rings is 2. The standard InChI is InChI=1S/C24H30ClNO5/c1-2-30-21-6-3-17(4-7-21)11-19-12-18(5-8-23(19)25)24-14-20(28)13-22(31-24)15-26-16-29-10-9-27/h3-8,12,15,20,22,24,27-28H,2,9-11,13-14,16H2,1H3. The van der Waals surface area contributed by atoms with Crippen molar-refractivity contribution in [1.82, 2.24) is 0 Å². The lowest BCUT2D eigenvalue weighted by Gasteiger charge is -2.32. The van der Waals surface area contributed by atoms with Crippen LogP contribution in [0.4, 0.5) is 0 Å². The summed E-state index contributed by atoms with van der Waals surface area (Å²) in [6.07, 6.45) is 2.37. The summed E-state index contributed by atoms with van der Waals surface area (Å²) in [5.74, 6) is 0.852. The molecule has 1 heterocycles. The van der Waals surface area contributed by atoms with Crippen molar-refractivity contribution in [3.63, 3.8) is 0 Å². The quantitative estimate of drug-likeness (QED) is 0.426. The zero-order chi connectivity index (χ0) is 22.1. The van der Waals surface area contributed by atoms with Gasteiger partial charge in [-0.25, -0.2) is 0 Å². The van der Waals surface area contributed by atoms with Crippen LogP contribution in [0.1, 0.15) is 42.6 Å². The second kappa shape index (κ2) is 12.2. The topological polar surface area (TPSA) is 80.5 Å². The number of nitrogens with zero attached hydrogens (tertiary/aromatic N) is 1. The average Bonchev–Trinajstić information content (AvgIpc) is 2.76. The zero-order valence-corrected chi connectivity index (χ0v) is 18.5. The average molecular weight is 448 g/mol. The number of aliphatic imine (C=N–C) groups is 1. The van der Waals surface area contributed by atoms with Crippen LogP contribution in [0.5, 0.6) is 5.75 Å². The largest absolute Gasteiger partial charge is 0.494 e. The normalized spacial score (nSPS) is 21.5. The van der Waals surface area contributed by atoms with Gasteiger partial charge in [-0.2, -0.15) is 0 Å². The van der Waals surface area contributed by atoms with Gasteiger partial charge in [0.15, 0.2) is 0 Å². The summed E-state index contributed by atoms with van der Waals surface area (Å²) >= 11 is 6.47. The zero-order valence-electron chi connectivity index (χ0n) is 17.7. The molecule has 0 spiro atoms. The lowest BCUT2D eigenvalue weighted by atomic mass is 9.94. The van der Waals surface area contributed by atoms with Crippen molar-refractivity contribution in [3.8, 4) is 5.75 Å². The molecule has 3 rings (SSSR count). The van der Waals surface area contributed by atoms with Gasteiger partial charge in [0.1, 0.15) is 12.5 Å². The summed E-state index contributed by atoms with van der Waals surface area (Å²) in [7, 11) is 0. The summed E-state index contributed by atoms with van der Waals surface area (Å²) in [6, 6.07) is 13.9. The molecule has 1 aliphatic rings. The minimum atomic E-state index is -0.473. The summed E-state index contributed by atoms with van der Waals surface area (Å²) in [4.78, 5) is 4.18. The van der Waals surface area contributed by atoms with E-state index >= 15 is 0 Å². The van der Waals surface area contributed by atoms with Crippen molar-refractivity contribution in [2.75, 3.05) is 26.6 Å². The molecule has 0 radical (unpaired) electrons. The van der Waals surface area contributed by atoms with Crippen molar-refractivity contribution in [1.29, 1.82) is 0 Å². The van der Waals surface area contributed by atoms with Crippen molar-refractivity contribution in [3.05, 3.63) is 64.2 Å². The number of hydrogen-bond acceptors (Lipinski definition) is 6. The van der Waals surface area contributed by atoms with E-state index in [0.717, 1.165) is 22.4 Å². The first-order chi connectivity index (χ1) is 15.1. The smallest absolute Gasteiger partial charge is 0.137 e. The molecule has 0 aromatic heterocycles. The van der Waals surface area contributed by atoms with E-state index in [1.165, 1.54) is 0 Å². The van der Waals surface area contributed by atoms with Gasteiger partial charge in [0, 0.05) is 24.1 Å². The summed E-state index contributed by atoms with van der Waals surface area (Å²) in [5.41, 5.74) is 3.13. The predicted octanol–water partition coefficient (Wildman–Crippen LogP) is 3.95. The molecule has 1 fully saturated rings. The van der Waals surface area contributed by atoms with Gasteiger partial charge in [0.2, 0.25) is 0 Å². The van der Waals surface area contributed by atoms with E-state index in [4.69, 9.17) is 30.9 Å². The van der Waals surface area contributed by atoms with Crippen LogP contribution in [-0.4, -0.2) is 55.2 Å². The minimum absolute atomic E-state index is 0.0359. The highest BCUT2D eigenvalue weighted by atomic mass is 35.5. The third-order valence-corrected chi connectivity index (χ3v) is 5.44. The first-order valence-corrected chi connectivity index (χ1v) is 11.0. The number of aliphatic hydroxyl groups excluding tert-OH is 2. The highest BCUT2D eigenvalue weighted by Gasteiger charge is 2.28. The number of ether oxygens (including phenoxy) is 3. The molecule has 6 nitrogen and oxygen atoms in total. The third kappa shape index (κ3) is 7.30. The Kier molecular flexibility index (Phi) is 9.31. The van der Waals surface area contributed by atoms with Crippen LogP contribution in [0.25, 0.3) is 0 Å². The SMILES string of the molecule is CCOc1ccc(Cc2cc(C3CC(O)CC(C=NCOCCO)O3)ccc2Cl)cc1. The molecule has 2 aromatic rings. The van der Waals surface area contributed by atoms with Crippen LogP contribution in [0.2, 0.25) is 5.02 Å². The Bertz CT molecular complexity index is 842. The van der Waals surface area contributed by atoms with E-state index in [9.17, 15) is 5.11 Å². The van der Waals surface area contributed by atoms with E-state index in [0.29, 0.717) is 30.9 Å². The Morgan fingerprint density at radius 1 is 1.19 bits per heavy atom. The van der Waals surface area contributed by atoms with Crippen LogP contribution in [-0.2, 0) is 15.9 Å². The number of halogens is 1. The number of rotatable bonds is 10. The molecule has 3 unspecified atom stereocenters. The van der Waals surface area contributed by atoms with Crippen LogP contribution in [0, 0.1) is 0 Å². The summed E-state index contributed by atoms with van der Waals surface area (Å²) in [6.45, 7) is 2.98. The number of aliphatic hydroxyl groups is 2. The first kappa shape index (κ1) is 23.7. The minimum Gasteiger partial charge on any atom is -0.494 e. The van der Waals surface area contributed by atoms with Crippen molar-refractivity contribution >= 4 is 17.8 Å². The Labute approximate surface area is 188 Å². The second-order valence-corrected chi connectivity index (χ2v) is 7.89.